The molecule has 1 aliphatic carbocycles. The van der Waals surface area contributed by atoms with Gasteiger partial charge in [-0.25, -0.2) is 0 Å². The first-order valence-electron chi connectivity index (χ1n) is 9.91. The molecule has 2 aromatic rings. The van der Waals surface area contributed by atoms with Crippen LogP contribution in [0, 0.1) is 5.92 Å². The van der Waals surface area contributed by atoms with Crippen LogP contribution in [-0.4, -0.2) is 42.1 Å². The summed E-state index contributed by atoms with van der Waals surface area (Å²) >= 11 is 0. The molecule has 1 heterocycles. The fraction of sp³-hybridized carbons (Fsp3) is 0.435. The summed E-state index contributed by atoms with van der Waals surface area (Å²) in [6.07, 6.45) is 4.11. The van der Waals surface area contributed by atoms with Crippen LogP contribution in [0.25, 0.3) is 0 Å². The maximum absolute atomic E-state index is 12.7. The van der Waals surface area contributed by atoms with Crippen molar-refractivity contribution in [2.24, 2.45) is 5.92 Å². The minimum absolute atomic E-state index is 0.0121. The van der Waals surface area contributed by atoms with Crippen LogP contribution in [0.3, 0.4) is 0 Å². The lowest BCUT2D eigenvalue weighted by Gasteiger charge is -2.52. The smallest absolute Gasteiger partial charge is 0.251 e. The highest BCUT2D eigenvalue weighted by molar-refractivity contribution is 5.94. The summed E-state index contributed by atoms with van der Waals surface area (Å²) in [6, 6.07) is 17.4. The van der Waals surface area contributed by atoms with Crippen molar-refractivity contribution in [2.75, 3.05) is 20.1 Å². The molecule has 0 spiro atoms. The molecule has 0 aromatic heterocycles. The zero-order valence-corrected chi connectivity index (χ0v) is 15.9. The first-order chi connectivity index (χ1) is 13.1. The van der Waals surface area contributed by atoms with Gasteiger partial charge in [0.25, 0.3) is 5.91 Å². The maximum atomic E-state index is 12.7. The fourth-order valence-electron chi connectivity index (χ4n) is 5.11. The number of carbonyl (C=O) groups is 1. The van der Waals surface area contributed by atoms with Gasteiger partial charge >= 0.3 is 0 Å². The Kier molecular flexibility index (Phi) is 4.92. The lowest BCUT2D eigenvalue weighted by atomic mass is 9.58. The first kappa shape index (κ1) is 18.1. The Labute approximate surface area is 161 Å². The fourth-order valence-corrected chi connectivity index (χ4v) is 5.11. The number of piperidine rings is 1. The van der Waals surface area contributed by atoms with Gasteiger partial charge in [-0.3, -0.25) is 4.79 Å². The Morgan fingerprint density at radius 3 is 2.74 bits per heavy atom. The van der Waals surface area contributed by atoms with Gasteiger partial charge < -0.3 is 15.3 Å². The minimum Gasteiger partial charge on any atom is -0.508 e. The highest BCUT2D eigenvalue weighted by atomic mass is 16.3. The highest BCUT2D eigenvalue weighted by Gasteiger charge is 2.47. The standard InChI is InChI=1S/C23H28N2O2/c1-25-13-12-23(18-8-5-9-21(26)14-18)15-20(11-10-19(23)16-25)24-22(27)17-6-3-2-4-7-17/h2-9,14,19-20,26H,10-13,15-16H2,1H3,(H,24,27)/t19-,20-,23+/m1/s1. The van der Waals surface area contributed by atoms with Crippen LogP contribution in [0.4, 0.5) is 0 Å². The monoisotopic (exact) mass is 364 g/mol. The van der Waals surface area contributed by atoms with E-state index in [0.717, 1.165) is 44.3 Å². The summed E-state index contributed by atoms with van der Waals surface area (Å²) in [7, 11) is 2.19. The summed E-state index contributed by atoms with van der Waals surface area (Å²) in [6.45, 7) is 2.13. The lowest BCUT2D eigenvalue weighted by molar-refractivity contribution is 0.0533. The molecule has 142 valence electrons. The number of likely N-dealkylation sites (tertiary alicyclic amines) is 1. The van der Waals surface area contributed by atoms with Crippen molar-refractivity contribution in [3.05, 3.63) is 65.7 Å². The normalized spacial score (nSPS) is 28.3. The van der Waals surface area contributed by atoms with E-state index in [1.165, 1.54) is 5.56 Å². The number of benzene rings is 2. The number of nitrogens with one attached hydrogen (secondary N) is 1. The summed E-state index contributed by atoms with van der Waals surface area (Å²) in [5.74, 6) is 0.899. The Morgan fingerprint density at radius 2 is 1.96 bits per heavy atom. The zero-order valence-electron chi connectivity index (χ0n) is 15.9. The molecule has 4 heteroatoms. The second-order valence-corrected chi connectivity index (χ2v) is 8.23. The number of nitrogens with zero attached hydrogens (tertiary/aromatic N) is 1. The number of rotatable bonds is 3. The molecule has 27 heavy (non-hydrogen) atoms. The Balaban J connectivity index is 1.59. The zero-order chi connectivity index (χ0) is 18.9. The number of fused-ring (bicyclic) bond motifs is 1. The molecule has 0 bridgehead atoms. The lowest BCUT2D eigenvalue weighted by Crippen LogP contribution is -2.55. The van der Waals surface area contributed by atoms with Crippen LogP contribution in [0.2, 0.25) is 0 Å². The van der Waals surface area contributed by atoms with E-state index in [0.29, 0.717) is 11.7 Å². The van der Waals surface area contributed by atoms with Crippen molar-refractivity contribution in [3.63, 3.8) is 0 Å². The number of aromatic hydroxyl groups is 1. The van der Waals surface area contributed by atoms with Crippen molar-refractivity contribution < 1.29 is 9.90 Å². The average Bonchev–Trinajstić information content (AvgIpc) is 2.69. The molecule has 1 saturated carbocycles. The number of phenolic OH excluding ortho intramolecular Hbond substituents is 1. The van der Waals surface area contributed by atoms with Crippen LogP contribution in [0.1, 0.15) is 41.6 Å². The Hall–Kier alpha value is -2.33. The van der Waals surface area contributed by atoms with Gasteiger partial charge in [-0.15, -0.1) is 0 Å². The van der Waals surface area contributed by atoms with Gasteiger partial charge in [0.05, 0.1) is 0 Å². The summed E-state index contributed by atoms with van der Waals surface area (Å²) in [5.41, 5.74) is 1.96. The quantitative estimate of drug-likeness (QED) is 0.875. The minimum atomic E-state index is 0.0121. The van der Waals surface area contributed by atoms with Crippen LogP contribution in [0.15, 0.2) is 54.6 Å². The van der Waals surface area contributed by atoms with E-state index in [4.69, 9.17) is 0 Å². The molecule has 2 fully saturated rings. The molecular weight excluding hydrogens is 336 g/mol. The molecule has 0 unspecified atom stereocenters. The van der Waals surface area contributed by atoms with Gasteiger partial charge in [0.1, 0.15) is 5.75 Å². The van der Waals surface area contributed by atoms with E-state index in [-0.39, 0.29) is 17.4 Å². The molecule has 1 saturated heterocycles. The Bertz CT molecular complexity index is 807. The van der Waals surface area contributed by atoms with Gasteiger partial charge in [-0.05, 0) is 75.0 Å². The van der Waals surface area contributed by atoms with Gasteiger partial charge in [-0.2, -0.15) is 0 Å². The second kappa shape index (κ2) is 7.35. The third-order valence-corrected chi connectivity index (χ3v) is 6.52. The molecule has 3 atom stereocenters. The Morgan fingerprint density at radius 1 is 1.15 bits per heavy atom. The van der Waals surface area contributed by atoms with E-state index < -0.39 is 0 Å². The van der Waals surface area contributed by atoms with Crippen molar-refractivity contribution >= 4 is 5.91 Å². The maximum Gasteiger partial charge on any atom is 0.251 e. The summed E-state index contributed by atoms with van der Waals surface area (Å²) in [4.78, 5) is 15.1. The molecule has 2 aromatic carbocycles. The molecular formula is C23H28N2O2. The summed E-state index contributed by atoms with van der Waals surface area (Å²) < 4.78 is 0. The largest absolute Gasteiger partial charge is 0.508 e. The molecule has 1 amide bonds. The number of phenols is 1. The van der Waals surface area contributed by atoms with Crippen molar-refractivity contribution in [2.45, 2.75) is 37.1 Å². The van der Waals surface area contributed by atoms with E-state index in [1.54, 1.807) is 6.07 Å². The van der Waals surface area contributed by atoms with Crippen molar-refractivity contribution in [3.8, 4) is 5.75 Å². The van der Waals surface area contributed by atoms with Crippen LogP contribution < -0.4 is 5.32 Å². The number of amides is 1. The predicted octanol–water partition coefficient (Wildman–Crippen LogP) is 3.56. The topological polar surface area (TPSA) is 52.6 Å². The van der Waals surface area contributed by atoms with Gasteiger partial charge in [0.15, 0.2) is 0 Å². The van der Waals surface area contributed by atoms with E-state index in [2.05, 4.69) is 23.3 Å². The predicted molar refractivity (Wildman–Crippen MR) is 107 cm³/mol. The van der Waals surface area contributed by atoms with E-state index >= 15 is 0 Å². The number of carbonyl (C=O) groups excluding carboxylic acids is 1. The molecule has 4 nitrogen and oxygen atoms in total. The molecule has 2 aliphatic rings. The molecule has 0 radical (unpaired) electrons. The van der Waals surface area contributed by atoms with Gasteiger partial charge in [0, 0.05) is 23.6 Å². The molecule has 2 N–H and O–H groups in total. The average molecular weight is 364 g/mol. The van der Waals surface area contributed by atoms with Gasteiger partial charge in [0.2, 0.25) is 0 Å². The van der Waals surface area contributed by atoms with Gasteiger partial charge in [-0.1, -0.05) is 30.3 Å². The third-order valence-electron chi connectivity index (χ3n) is 6.52. The van der Waals surface area contributed by atoms with Crippen LogP contribution in [-0.2, 0) is 5.41 Å². The number of hydrogen-bond acceptors (Lipinski definition) is 3. The molecule has 1 aliphatic heterocycles. The van der Waals surface area contributed by atoms with E-state index in [1.807, 2.05) is 42.5 Å². The van der Waals surface area contributed by atoms with E-state index in [9.17, 15) is 9.90 Å². The molecule has 4 rings (SSSR count). The van der Waals surface area contributed by atoms with Crippen molar-refractivity contribution in [1.82, 2.24) is 10.2 Å². The first-order valence-corrected chi connectivity index (χ1v) is 9.91. The highest BCUT2D eigenvalue weighted by Crippen LogP contribution is 2.49. The third kappa shape index (κ3) is 3.59. The SMILES string of the molecule is CN1CC[C@@]2(c3cccc(O)c3)C[C@H](NC(=O)c3ccccc3)CC[C@@H]2C1. The number of hydrogen-bond donors (Lipinski definition) is 2. The van der Waals surface area contributed by atoms with Crippen LogP contribution in [0.5, 0.6) is 5.75 Å². The summed E-state index contributed by atoms with van der Waals surface area (Å²) in [5, 5.41) is 13.3. The van der Waals surface area contributed by atoms with Crippen molar-refractivity contribution in [1.29, 1.82) is 0 Å². The second-order valence-electron chi connectivity index (χ2n) is 8.23. The van der Waals surface area contributed by atoms with Crippen LogP contribution >= 0.6 is 0 Å².